The van der Waals surface area contributed by atoms with Crippen LogP contribution >= 0.6 is 0 Å². The Morgan fingerprint density at radius 2 is 1.76 bits per heavy atom. The molecule has 2 aromatic carbocycles. The Labute approximate surface area is 168 Å². The third kappa shape index (κ3) is 3.65. The Morgan fingerprint density at radius 3 is 2.45 bits per heavy atom. The lowest BCUT2D eigenvalue weighted by molar-refractivity contribution is 0.102. The summed E-state index contributed by atoms with van der Waals surface area (Å²) in [4.78, 5) is 17.3. The van der Waals surface area contributed by atoms with Crippen molar-refractivity contribution in [3.05, 3.63) is 78.1 Å². The largest absolute Gasteiger partial charge is 0.493 e. The molecule has 0 aliphatic carbocycles. The van der Waals surface area contributed by atoms with E-state index in [1.165, 1.54) is 0 Å². The minimum atomic E-state index is -0.220. The molecule has 0 spiro atoms. The minimum absolute atomic E-state index is 0.220. The van der Waals surface area contributed by atoms with E-state index in [1.54, 1.807) is 32.4 Å². The zero-order valence-corrected chi connectivity index (χ0v) is 16.5. The number of imidazole rings is 1. The molecule has 146 valence electrons. The number of aromatic nitrogens is 2. The van der Waals surface area contributed by atoms with E-state index in [1.807, 2.05) is 60.1 Å². The number of nitrogens with one attached hydrogen (secondary N) is 1. The number of amides is 1. The topological polar surface area (TPSA) is 64.9 Å². The fraction of sp³-hybridized carbons (Fsp3) is 0.130. The van der Waals surface area contributed by atoms with Crippen LogP contribution in [0, 0.1) is 6.92 Å². The zero-order valence-electron chi connectivity index (χ0n) is 16.5. The number of carbonyl (C=O) groups excluding carboxylic acids is 1. The molecule has 0 aliphatic rings. The molecule has 4 aromatic rings. The van der Waals surface area contributed by atoms with Gasteiger partial charge in [0, 0.05) is 29.2 Å². The van der Waals surface area contributed by atoms with Crippen molar-refractivity contribution in [1.82, 2.24) is 9.38 Å². The molecule has 0 unspecified atom stereocenters. The maximum atomic E-state index is 12.6. The number of carbonyl (C=O) groups is 1. The molecule has 4 rings (SSSR count). The Hall–Kier alpha value is -3.80. The molecular weight excluding hydrogens is 366 g/mol. The van der Waals surface area contributed by atoms with Crippen molar-refractivity contribution >= 4 is 17.2 Å². The average molecular weight is 387 g/mol. The third-order valence-corrected chi connectivity index (χ3v) is 4.76. The van der Waals surface area contributed by atoms with E-state index >= 15 is 0 Å². The van der Waals surface area contributed by atoms with E-state index in [4.69, 9.17) is 14.5 Å². The summed E-state index contributed by atoms with van der Waals surface area (Å²) in [5.41, 5.74) is 5.12. The summed E-state index contributed by atoms with van der Waals surface area (Å²) < 4.78 is 12.5. The fourth-order valence-corrected chi connectivity index (χ4v) is 3.20. The second kappa shape index (κ2) is 7.67. The predicted molar refractivity (Wildman–Crippen MR) is 113 cm³/mol. The molecule has 0 saturated heterocycles. The Balaban J connectivity index is 1.53. The fourth-order valence-electron chi connectivity index (χ4n) is 3.20. The van der Waals surface area contributed by atoms with Crippen LogP contribution in [0.15, 0.2) is 67.0 Å². The van der Waals surface area contributed by atoms with Crippen LogP contribution in [0.25, 0.3) is 16.9 Å². The van der Waals surface area contributed by atoms with Crippen LogP contribution in [0.4, 0.5) is 5.69 Å². The molecular formula is C23H21N3O3. The van der Waals surface area contributed by atoms with Crippen LogP contribution in [0.1, 0.15) is 15.9 Å². The van der Waals surface area contributed by atoms with E-state index in [0.717, 1.165) is 22.5 Å². The number of fused-ring (bicyclic) bond motifs is 1. The second-order valence-electron chi connectivity index (χ2n) is 6.65. The standard InChI is InChI=1S/C23H21N3O3/c1-15-5-4-12-26-14-19(25-22(15)26)16-6-9-18(10-7-16)24-23(27)17-8-11-20(28-2)21(13-17)29-3/h4-14H,1-3H3,(H,24,27). The maximum absolute atomic E-state index is 12.6. The lowest BCUT2D eigenvalue weighted by Crippen LogP contribution is -2.12. The molecule has 1 N–H and O–H groups in total. The molecule has 0 bridgehead atoms. The first-order chi connectivity index (χ1) is 14.1. The van der Waals surface area contributed by atoms with Crippen LogP contribution in [0.2, 0.25) is 0 Å². The van der Waals surface area contributed by atoms with Gasteiger partial charge in [-0.3, -0.25) is 4.79 Å². The van der Waals surface area contributed by atoms with Crippen molar-refractivity contribution in [1.29, 1.82) is 0 Å². The lowest BCUT2D eigenvalue weighted by atomic mass is 10.1. The van der Waals surface area contributed by atoms with Gasteiger partial charge in [0.1, 0.15) is 5.65 Å². The van der Waals surface area contributed by atoms with Gasteiger partial charge >= 0.3 is 0 Å². The normalized spacial score (nSPS) is 10.7. The van der Waals surface area contributed by atoms with Crippen LogP contribution in [-0.4, -0.2) is 29.5 Å². The number of hydrogen-bond donors (Lipinski definition) is 1. The second-order valence-corrected chi connectivity index (χ2v) is 6.65. The number of rotatable bonds is 5. The molecule has 0 aliphatic heterocycles. The van der Waals surface area contributed by atoms with Gasteiger partial charge < -0.3 is 19.2 Å². The zero-order chi connectivity index (χ0) is 20.4. The Bertz CT molecular complexity index is 1180. The highest BCUT2D eigenvalue weighted by Crippen LogP contribution is 2.28. The molecule has 0 fully saturated rings. The summed E-state index contributed by atoms with van der Waals surface area (Å²) in [5, 5.41) is 2.90. The van der Waals surface area contributed by atoms with Crippen LogP contribution < -0.4 is 14.8 Å². The van der Waals surface area contributed by atoms with Gasteiger partial charge in [0.05, 0.1) is 19.9 Å². The van der Waals surface area contributed by atoms with Gasteiger partial charge in [-0.05, 0) is 48.9 Å². The summed E-state index contributed by atoms with van der Waals surface area (Å²) in [6.45, 7) is 2.04. The van der Waals surface area contributed by atoms with Crippen LogP contribution in [0.5, 0.6) is 11.5 Å². The van der Waals surface area contributed by atoms with Crippen LogP contribution in [0.3, 0.4) is 0 Å². The summed E-state index contributed by atoms with van der Waals surface area (Å²) in [7, 11) is 3.10. The van der Waals surface area contributed by atoms with Crippen molar-refractivity contribution in [2.45, 2.75) is 6.92 Å². The van der Waals surface area contributed by atoms with Crippen molar-refractivity contribution in [3.63, 3.8) is 0 Å². The van der Waals surface area contributed by atoms with Gasteiger partial charge in [-0.2, -0.15) is 0 Å². The van der Waals surface area contributed by atoms with Gasteiger partial charge in [-0.1, -0.05) is 18.2 Å². The molecule has 1 amide bonds. The van der Waals surface area contributed by atoms with E-state index < -0.39 is 0 Å². The van der Waals surface area contributed by atoms with Crippen molar-refractivity contribution in [3.8, 4) is 22.8 Å². The lowest BCUT2D eigenvalue weighted by Gasteiger charge is -2.10. The van der Waals surface area contributed by atoms with Gasteiger partial charge in [-0.25, -0.2) is 4.98 Å². The summed E-state index contributed by atoms with van der Waals surface area (Å²) in [6, 6.07) is 16.7. The number of methoxy groups -OCH3 is 2. The minimum Gasteiger partial charge on any atom is -0.493 e. The molecule has 2 aromatic heterocycles. The number of anilines is 1. The number of aryl methyl sites for hydroxylation is 1. The molecule has 2 heterocycles. The number of hydrogen-bond acceptors (Lipinski definition) is 4. The number of benzene rings is 2. The third-order valence-electron chi connectivity index (χ3n) is 4.76. The number of nitrogens with zero attached hydrogens (tertiary/aromatic N) is 2. The Morgan fingerprint density at radius 1 is 1.00 bits per heavy atom. The molecule has 0 radical (unpaired) electrons. The van der Waals surface area contributed by atoms with E-state index in [9.17, 15) is 4.79 Å². The quantitative estimate of drug-likeness (QED) is 0.544. The van der Waals surface area contributed by atoms with E-state index in [2.05, 4.69) is 5.32 Å². The maximum Gasteiger partial charge on any atom is 0.255 e. The highest BCUT2D eigenvalue weighted by atomic mass is 16.5. The molecule has 29 heavy (non-hydrogen) atoms. The summed E-state index contributed by atoms with van der Waals surface area (Å²) >= 11 is 0. The molecule has 0 atom stereocenters. The molecule has 6 nitrogen and oxygen atoms in total. The van der Waals surface area contributed by atoms with Crippen molar-refractivity contribution in [2.24, 2.45) is 0 Å². The highest BCUT2D eigenvalue weighted by molar-refractivity contribution is 6.04. The molecule has 0 saturated carbocycles. The van der Waals surface area contributed by atoms with Gasteiger partial charge in [0.2, 0.25) is 0 Å². The SMILES string of the molecule is COc1ccc(C(=O)Nc2ccc(-c3cn4cccc(C)c4n3)cc2)cc1OC. The average Bonchev–Trinajstić information content (AvgIpc) is 3.19. The van der Waals surface area contributed by atoms with Gasteiger partial charge in [0.15, 0.2) is 11.5 Å². The number of ether oxygens (including phenoxy) is 2. The summed E-state index contributed by atoms with van der Waals surface area (Å²) in [6.07, 6.45) is 3.98. The highest BCUT2D eigenvalue weighted by Gasteiger charge is 2.12. The smallest absolute Gasteiger partial charge is 0.255 e. The predicted octanol–water partition coefficient (Wildman–Crippen LogP) is 4.58. The first-order valence-corrected chi connectivity index (χ1v) is 9.17. The van der Waals surface area contributed by atoms with Gasteiger partial charge in [-0.15, -0.1) is 0 Å². The first kappa shape index (κ1) is 18.6. The monoisotopic (exact) mass is 387 g/mol. The van der Waals surface area contributed by atoms with Gasteiger partial charge in [0.25, 0.3) is 5.91 Å². The van der Waals surface area contributed by atoms with E-state index in [-0.39, 0.29) is 5.91 Å². The first-order valence-electron chi connectivity index (χ1n) is 9.17. The van der Waals surface area contributed by atoms with Crippen LogP contribution in [-0.2, 0) is 0 Å². The van der Waals surface area contributed by atoms with Crippen molar-refractivity contribution in [2.75, 3.05) is 19.5 Å². The van der Waals surface area contributed by atoms with Crippen molar-refractivity contribution < 1.29 is 14.3 Å². The summed E-state index contributed by atoms with van der Waals surface area (Å²) in [5.74, 6) is 0.871. The van der Waals surface area contributed by atoms with E-state index in [0.29, 0.717) is 22.7 Å². The Kier molecular flexibility index (Phi) is 4.91. The molecule has 6 heteroatoms. The number of pyridine rings is 1.